The number of aromatic nitrogens is 3. The van der Waals surface area contributed by atoms with Gasteiger partial charge >= 0.3 is 13.7 Å². The SMILES string of the molecule is CCC(C)(C)COC(=O)[C@H](C)N[P@](=O)(OC[C@@]1(C#N)OC[C@](O)(c2ccc3c(N)ncnn23)[C@@H]1O)Oc1ccccc1. The van der Waals surface area contributed by atoms with Crippen LogP contribution >= 0.6 is 7.75 Å². The molecule has 0 radical (unpaired) electrons. The zero-order valence-corrected chi connectivity index (χ0v) is 24.7. The number of carbonyl (C=O) groups excluding carboxylic acids is 1. The fourth-order valence-corrected chi connectivity index (χ4v) is 5.72. The average molecular weight is 603 g/mol. The van der Waals surface area contributed by atoms with Gasteiger partial charge in [-0.05, 0) is 43.0 Å². The fraction of sp³-hybridized carbons (Fsp3) is 0.481. The van der Waals surface area contributed by atoms with Crippen molar-refractivity contribution in [1.82, 2.24) is 19.7 Å². The van der Waals surface area contributed by atoms with Gasteiger partial charge in [-0.25, -0.2) is 14.1 Å². The van der Waals surface area contributed by atoms with E-state index < -0.39 is 50.3 Å². The summed E-state index contributed by atoms with van der Waals surface area (Å²) in [7, 11) is -4.42. The minimum absolute atomic E-state index is 0.0874. The molecule has 0 unspecified atom stereocenters. The zero-order valence-electron chi connectivity index (χ0n) is 23.8. The number of nitriles is 1. The molecule has 14 nitrogen and oxygen atoms in total. The molecule has 1 fully saturated rings. The number of nitrogens with one attached hydrogen (secondary N) is 1. The fourth-order valence-electron chi connectivity index (χ4n) is 4.20. The summed E-state index contributed by atoms with van der Waals surface area (Å²) in [6.07, 6.45) is 0.0506. The molecule has 4 rings (SSSR count). The van der Waals surface area contributed by atoms with Crippen LogP contribution < -0.4 is 15.3 Å². The lowest BCUT2D eigenvalue weighted by Crippen LogP contribution is -2.51. The van der Waals surface area contributed by atoms with E-state index in [-0.39, 0.29) is 29.3 Å². The number of anilines is 1. The Bertz CT molecular complexity index is 1510. The van der Waals surface area contributed by atoms with E-state index in [1.54, 1.807) is 24.3 Å². The van der Waals surface area contributed by atoms with E-state index in [4.69, 9.17) is 24.3 Å². The third-order valence-electron chi connectivity index (χ3n) is 7.24. The molecule has 3 heterocycles. The van der Waals surface area contributed by atoms with E-state index in [0.717, 1.165) is 6.42 Å². The van der Waals surface area contributed by atoms with Crippen molar-refractivity contribution in [2.24, 2.45) is 5.41 Å². The Morgan fingerprint density at radius 1 is 1.36 bits per heavy atom. The highest BCUT2D eigenvalue weighted by atomic mass is 31.2. The smallest absolute Gasteiger partial charge is 0.459 e. The number of para-hydroxylation sites is 1. The van der Waals surface area contributed by atoms with Gasteiger partial charge < -0.3 is 29.9 Å². The van der Waals surface area contributed by atoms with Crippen LogP contribution in [0.15, 0.2) is 48.8 Å². The number of nitrogens with two attached hydrogens (primary N) is 1. The summed E-state index contributed by atoms with van der Waals surface area (Å²) < 4.78 is 37.6. The molecule has 1 aromatic carbocycles. The minimum atomic E-state index is -4.42. The second-order valence-corrected chi connectivity index (χ2v) is 12.6. The molecule has 42 heavy (non-hydrogen) atoms. The van der Waals surface area contributed by atoms with Gasteiger partial charge in [-0.15, -0.1) is 0 Å². The highest BCUT2D eigenvalue weighted by molar-refractivity contribution is 7.52. The van der Waals surface area contributed by atoms with Crippen LogP contribution in [0.25, 0.3) is 5.52 Å². The Hall–Kier alpha value is -3.57. The molecule has 0 bridgehead atoms. The van der Waals surface area contributed by atoms with Crippen LogP contribution in [0.1, 0.15) is 39.8 Å². The number of aliphatic hydroxyl groups is 2. The van der Waals surface area contributed by atoms with E-state index in [2.05, 4.69) is 15.2 Å². The van der Waals surface area contributed by atoms with Crippen LogP contribution in [0, 0.1) is 16.7 Å². The second kappa shape index (κ2) is 12.0. The summed E-state index contributed by atoms with van der Waals surface area (Å²) in [6.45, 7) is 6.08. The van der Waals surface area contributed by atoms with Gasteiger partial charge in [0.2, 0.25) is 5.60 Å². The minimum Gasteiger partial charge on any atom is -0.464 e. The first-order valence-electron chi connectivity index (χ1n) is 13.3. The van der Waals surface area contributed by atoms with Crippen molar-refractivity contribution in [3.63, 3.8) is 0 Å². The Morgan fingerprint density at radius 3 is 2.74 bits per heavy atom. The van der Waals surface area contributed by atoms with E-state index in [1.165, 1.54) is 36.0 Å². The van der Waals surface area contributed by atoms with Crippen LogP contribution in [0.4, 0.5) is 5.82 Å². The van der Waals surface area contributed by atoms with Gasteiger partial charge in [-0.2, -0.15) is 15.4 Å². The quantitative estimate of drug-likeness (QED) is 0.174. The number of esters is 1. The van der Waals surface area contributed by atoms with Crippen LogP contribution in [-0.2, 0) is 29.0 Å². The number of carbonyl (C=O) groups is 1. The van der Waals surface area contributed by atoms with Gasteiger partial charge in [0, 0.05) is 0 Å². The van der Waals surface area contributed by atoms with Gasteiger partial charge in [0.1, 0.15) is 42.4 Å². The van der Waals surface area contributed by atoms with Crippen molar-refractivity contribution in [2.75, 3.05) is 25.6 Å². The Morgan fingerprint density at radius 2 is 2.07 bits per heavy atom. The molecule has 1 aliphatic heterocycles. The lowest BCUT2D eigenvalue weighted by Gasteiger charge is -2.31. The van der Waals surface area contributed by atoms with E-state index in [0.29, 0.717) is 5.52 Å². The maximum atomic E-state index is 14.0. The van der Waals surface area contributed by atoms with Crippen molar-refractivity contribution < 1.29 is 38.1 Å². The maximum Gasteiger partial charge on any atom is 0.459 e. The first-order valence-corrected chi connectivity index (χ1v) is 14.8. The summed E-state index contributed by atoms with van der Waals surface area (Å²) >= 11 is 0. The molecule has 2 aromatic heterocycles. The summed E-state index contributed by atoms with van der Waals surface area (Å²) in [5.41, 5.74) is 1.76. The number of nitrogen functional groups attached to an aromatic ring is 1. The third kappa shape index (κ3) is 6.27. The Labute approximate surface area is 242 Å². The van der Waals surface area contributed by atoms with E-state index in [9.17, 15) is 24.8 Å². The number of nitrogens with zero attached hydrogens (tertiary/aromatic N) is 4. The predicted molar refractivity (Wildman–Crippen MR) is 150 cm³/mol. The number of fused-ring (bicyclic) bond motifs is 1. The third-order valence-corrected chi connectivity index (χ3v) is 8.87. The average Bonchev–Trinajstić information content (AvgIpc) is 3.52. The van der Waals surface area contributed by atoms with Crippen LogP contribution in [0.3, 0.4) is 0 Å². The summed E-state index contributed by atoms with van der Waals surface area (Å²) in [5.74, 6) is -0.410. The first kappa shape index (κ1) is 31.4. The topological polar surface area (TPSA) is 204 Å². The Balaban J connectivity index is 1.56. The molecular formula is C27H35N6O8P. The van der Waals surface area contributed by atoms with Gasteiger partial charge in [0.25, 0.3) is 0 Å². The number of hydrogen-bond donors (Lipinski definition) is 4. The standard InChI is InChI=1S/C27H35N6O8P/c1-5-25(3,4)14-38-23(34)18(2)32-42(37,41-19-9-7-6-8-10-19)40-15-26(13-28)24(35)27(36,16-39-26)21-12-11-20-22(29)30-17-31-33(20)21/h6-12,17-18,24,35-36H,5,14-16H2,1-4H3,(H,32,37)(H2,29,30,31)/t18-,24+,26+,27-,42-/m0/s1. The van der Waals surface area contributed by atoms with Gasteiger partial charge in [-0.1, -0.05) is 39.0 Å². The number of rotatable bonds is 12. The first-order chi connectivity index (χ1) is 19.8. The number of hydrogen-bond acceptors (Lipinski definition) is 12. The largest absolute Gasteiger partial charge is 0.464 e. The van der Waals surface area contributed by atoms with Gasteiger partial charge in [-0.3, -0.25) is 9.32 Å². The summed E-state index contributed by atoms with van der Waals surface area (Å²) in [5, 5.41) is 39.5. The molecule has 0 aliphatic carbocycles. The lowest BCUT2D eigenvalue weighted by molar-refractivity contribution is -0.148. The molecule has 15 heteroatoms. The molecule has 0 saturated carbocycles. The highest BCUT2D eigenvalue weighted by Crippen LogP contribution is 2.48. The molecule has 0 amide bonds. The second-order valence-electron chi connectivity index (χ2n) is 10.9. The zero-order chi connectivity index (χ0) is 30.8. The van der Waals surface area contributed by atoms with Crippen LogP contribution in [0.2, 0.25) is 0 Å². The predicted octanol–water partition coefficient (Wildman–Crippen LogP) is 2.31. The summed E-state index contributed by atoms with van der Waals surface area (Å²) in [4.78, 5) is 16.6. The van der Waals surface area contributed by atoms with Crippen molar-refractivity contribution in [3.8, 4) is 11.8 Å². The van der Waals surface area contributed by atoms with Crippen LogP contribution in [0.5, 0.6) is 5.75 Å². The van der Waals surface area contributed by atoms with Crippen molar-refractivity contribution in [3.05, 3.63) is 54.5 Å². The van der Waals surface area contributed by atoms with Gasteiger partial charge in [0.15, 0.2) is 11.4 Å². The van der Waals surface area contributed by atoms with Crippen molar-refractivity contribution in [2.45, 2.75) is 57.5 Å². The molecule has 3 aromatic rings. The number of aliphatic hydroxyl groups excluding tert-OH is 1. The monoisotopic (exact) mass is 602 g/mol. The molecule has 226 valence electrons. The highest BCUT2D eigenvalue weighted by Gasteiger charge is 2.61. The molecule has 0 spiro atoms. The van der Waals surface area contributed by atoms with E-state index in [1.807, 2.05) is 26.8 Å². The molecule has 1 aliphatic rings. The summed E-state index contributed by atoms with van der Waals surface area (Å²) in [6, 6.07) is 11.8. The Kier molecular flexibility index (Phi) is 8.94. The molecule has 5 N–H and O–H groups in total. The van der Waals surface area contributed by atoms with Crippen LogP contribution in [-0.4, -0.2) is 68.3 Å². The molecule has 5 atom stereocenters. The normalized spacial score (nSPS) is 24.5. The number of ether oxygens (including phenoxy) is 2. The van der Waals surface area contributed by atoms with E-state index >= 15 is 0 Å². The number of benzene rings is 1. The van der Waals surface area contributed by atoms with Gasteiger partial charge in [0.05, 0.1) is 18.9 Å². The van der Waals surface area contributed by atoms with Crippen molar-refractivity contribution in [1.29, 1.82) is 5.26 Å². The maximum absolute atomic E-state index is 14.0. The van der Waals surface area contributed by atoms with Crippen molar-refractivity contribution >= 4 is 25.1 Å². The molecular weight excluding hydrogens is 567 g/mol. The lowest BCUT2D eigenvalue weighted by atomic mass is 9.86. The molecule has 1 saturated heterocycles.